The number of nitrogens with zero attached hydrogens (tertiary/aromatic N) is 3. The fourth-order valence-corrected chi connectivity index (χ4v) is 9.33. The number of ether oxygens (including phenoxy) is 1. The highest BCUT2D eigenvalue weighted by Gasteiger charge is 2.37. The Morgan fingerprint density at radius 2 is 1.15 bits per heavy atom. The molecule has 0 N–H and O–H groups in total. The van der Waals surface area contributed by atoms with Gasteiger partial charge in [-0.25, -0.2) is 15.0 Å². The van der Waals surface area contributed by atoms with E-state index in [1.165, 1.54) is 55.6 Å². The van der Waals surface area contributed by atoms with Gasteiger partial charge in [-0.05, 0) is 110 Å². The summed E-state index contributed by atoms with van der Waals surface area (Å²) in [4.78, 5) is 15.5. The zero-order chi connectivity index (χ0) is 40.3. The second-order valence-electron chi connectivity index (χ2n) is 16.9. The quantitative estimate of drug-likeness (QED) is 0.155. The normalized spacial score (nSPS) is 13.3. The van der Waals surface area contributed by atoms with Crippen molar-refractivity contribution in [2.24, 2.45) is 5.92 Å². The first-order valence-corrected chi connectivity index (χ1v) is 20.9. The van der Waals surface area contributed by atoms with Crippen molar-refractivity contribution in [3.63, 3.8) is 0 Å². The standard InChI is InChI=1S/C55H47N3O/c1-6-35-16-10-11-21-42(35)46-31-41-33-59-50-32-38(26-27-43(50)47(41)30-40(46)28-34(2)3)37-19-14-20-39(29-37)53-56-52(36-17-8-7-9-18-36)57-54(58-53)45-23-15-25-49-51(45)44-22-12-13-24-48(44)55(49,4)5/h7-27,29-32,34H,6,28,33H2,1-5H3. The van der Waals surface area contributed by atoms with Gasteiger partial charge in [0.05, 0.1) is 0 Å². The maximum Gasteiger partial charge on any atom is 0.164 e. The lowest BCUT2D eigenvalue weighted by Crippen LogP contribution is -2.14. The number of benzene rings is 7. The van der Waals surface area contributed by atoms with Crippen LogP contribution in [-0.4, -0.2) is 15.0 Å². The molecule has 0 saturated heterocycles. The van der Waals surface area contributed by atoms with E-state index >= 15 is 0 Å². The second-order valence-corrected chi connectivity index (χ2v) is 16.9. The number of fused-ring (bicyclic) bond motifs is 6. The van der Waals surface area contributed by atoms with Gasteiger partial charge in [-0.1, -0.05) is 162 Å². The molecule has 0 spiro atoms. The van der Waals surface area contributed by atoms with Crippen LogP contribution in [0, 0.1) is 5.92 Å². The summed E-state index contributed by atoms with van der Waals surface area (Å²) in [6.45, 7) is 12.0. The van der Waals surface area contributed by atoms with E-state index in [-0.39, 0.29) is 5.41 Å². The molecule has 4 heteroatoms. The Labute approximate surface area is 347 Å². The molecule has 1 aliphatic carbocycles. The van der Waals surface area contributed by atoms with Gasteiger partial charge in [-0.3, -0.25) is 0 Å². The van der Waals surface area contributed by atoms with Gasteiger partial charge in [-0.15, -0.1) is 0 Å². The van der Waals surface area contributed by atoms with Gasteiger partial charge < -0.3 is 4.74 Å². The lowest BCUT2D eigenvalue weighted by Gasteiger charge is -2.25. The van der Waals surface area contributed by atoms with Crippen LogP contribution in [0.25, 0.3) is 78.7 Å². The number of hydrogen-bond donors (Lipinski definition) is 0. The molecule has 0 unspecified atom stereocenters. The van der Waals surface area contributed by atoms with Crippen molar-refractivity contribution in [1.82, 2.24) is 15.0 Å². The molecular weight excluding hydrogens is 719 g/mol. The zero-order valence-electron chi connectivity index (χ0n) is 34.4. The van der Waals surface area contributed by atoms with Gasteiger partial charge in [0.25, 0.3) is 0 Å². The molecule has 10 rings (SSSR count). The second kappa shape index (κ2) is 14.6. The van der Waals surface area contributed by atoms with E-state index in [9.17, 15) is 0 Å². The molecule has 2 aliphatic rings. The van der Waals surface area contributed by atoms with Gasteiger partial charge >= 0.3 is 0 Å². The SMILES string of the molecule is CCc1ccccc1-c1cc2c(cc1CC(C)C)-c1ccc(-c3cccc(-c4nc(-c5ccccc5)nc(-c5cccc6c5-c5ccccc5C6(C)C)n4)c3)cc1OC2. The van der Waals surface area contributed by atoms with E-state index in [1.807, 2.05) is 18.2 Å². The summed E-state index contributed by atoms with van der Waals surface area (Å²) in [6, 6.07) is 54.3. The molecule has 7 aromatic carbocycles. The van der Waals surface area contributed by atoms with E-state index < -0.39 is 0 Å². The highest BCUT2D eigenvalue weighted by atomic mass is 16.5. The third-order valence-electron chi connectivity index (χ3n) is 12.3. The Balaban J connectivity index is 1.05. The third-order valence-corrected chi connectivity index (χ3v) is 12.3. The molecule has 2 heterocycles. The fraction of sp³-hybridized carbons (Fsp3) is 0.182. The van der Waals surface area contributed by atoms with E-state index in [4.69, 9.17) is 19.7 Å². The first-order chi connectivity index (χ1) is 28.8. The van der Waals surface area contributed by atoms with Gasteiger partial charge in [0.15, 0.2) is 17.5 Å². The molecule has 0 fully saturated rings. The maximum atomic E-state index is 6.57. The fourth-order valence-electron chi connectivity index (χ4n) is 9.33. The predicted octanol–water partition coefficient (Wildman–Crippen LogP) is 13.8. The summed E-state index contributed by atoms with van der Waals surface area (Å²) >= 11 is 0. The van der Waals surface area contributed by atoms with Crippen LogP contribution in [0.1, 0.15) is 62.4 Å². The number of rotatable bonds is 8. The molecule has 0 atom stereocenters. The van der Waals surface area contributed by atoms with Crippen LogP contribution in [0.15, 0.2) is 152 Å². The van der Waals surface area contributed by atoms with Crippen LogP contribution in [0.2, 0.25) is 0 Å². The molecule has 0 saturated carbocycles. The lowest BCUT2D eigenvalue weighted by atomic mass is 9.82. The first-order valence-electron chi connectivity index (χ1n) is 20.9. The maximum absolute atomic E-state index is 6.57. The average Bonchev–Trinajstić information content (AvgIpc) is 3.51. The molecule has 1 aliphatic heterocycles. The minimum atomic E-state index is -0.130. The largest absolute Gasteiger partial charge is 0.488 e. The average molecular weight is 766 g/mol. The molecule has 8 aromatic rings. The highest BCUT2D eigenvalue weighted by Crippen LogP contribution is 2.52. The minimum Gasteiger partial charge on any atom is -0.488 e. The van der Waals surface area contributed by atoms with Crippen molar-refractivity contribution in [3.05, 3.63) is 179 Å². The predicted molar refractivity (Wildman–Crippen MR) is 242 cm³/mol. The molecule has 4 nitrogen and oxygen atoms in total. The van der Waals surface area contributed by atoms with Crippen molar-refractivity contribution in [2.45, 2.75) is 59.5 Å². The van der Waals surface area contributed by atoms with E-state index in [0.29, 0.717) is 30.0 Å². The van der Waals surface area contributed by atoms with Crippen LogP contribution in [0.5, 0.6) is 5.75 Å². The van der Waals surface area contributed by atoms with Crippen LogP contribution in [-0.2, 0) is 24.9 Å². The smallest absolute Gasteiger partial charge is 0.164 e. The number of aryl methyl sites for hydroxylation is 1. The van der Waals surface area contributed by atoms with Gasteiger partial charge in [-0.2, -0.15) is 0 Å². The Kier molecular flexibility index (Phi) is 9.09. The minimum absolute atomic E-state index is 0.130. The van der Waals surface area contributed by atoms with Crippen molar-refractivity contribution < 1.29 is 4.74 Å². The monoisotopic (exact) mass is 765 g/mol. The van der Waals surface area contributed by atoms with E-state index in [1.54, 1.807) is 0 Å². The summed E-state index contributed by atoms with van der Waals surface area (Å²) in [5.41, 5.74) is 19.1. The lowest BCUT2D eigenvalue weighted by molar-refractivity contribution is 0.302. The summed E-state index contributed by atoms with van der Waals surface area (Å²) in [5.74, 6) is 3.41. The zero-order valence-corrected chi connectivity index (χ0v) is 34.4. The van der Waals surface area contributed by atoms with Crippen LogP contribution in [0.4, 0.5) is 0 Å². The highest BCUT2D eigenvalue weighted by molar-refractivity contribution is 5.91. The summed E-state index contributed by atoms with van der Waals surface area (Å²) in [5, 5.41) is 0. The van der Waals surface area contributed by atoms with Crippen molar-refractivity contribution in [1.29, 1.82) is 0 Å². The Morgan fingerprint density at radius 1 is 0.508 bits per heavy atom. The summed E-state index contributed by atoms with van der Waals surface area (Å²) in [6.07, 6.45) is 2.02. The van der Waals surface area contributed by atoms with Gasteiger partial charge in [0, 0.05) is 27.7 Å². The molecule has 1 aromatic heterocycles. The molecule has 288 valence electrons. The molecule has 0 bridgehead atoms. The molecular formula is C55H47N3O. The van der Waals surface area contributed by atoms with Gasteiger partial charge in [0.2, 0.25) is 0 Å². The Morgan fingerprint density at radius 3 is 1.97 bits per heavy atom. The van der Waals surface area contributed by atoms with Crippen LogP contribution >= 0.6 is 0 Å². The van der Waals surface area contributed by atoms with E-state index in [2.05, 4.69) is 168 Å². The molecule has 59 heavy (non-hydrogen) atoms. The summed E-state index contributed by atoms with van der Waals surface area (Å²) < 4.78 is 6.57. The Hall–Kier alpha value is -6.65. The van der Waals surface area contributed by atoms with Crippen LogP contribution < -0.4 is 4.74 Å². The van der Waals surface area contributed by atoms with Crippen molar-refractivity contribution in [2.75, 3.05) is 0 Å². The van der Waals surface area contributed by atoms with Crippen LogP contribution in [0.3, 0.4) is 0 Å². The van der Waals surface area contributed by atoms with Crippen molar-refractivity contribution >= 4 is 0 Å². The number of aromatic nitrogens is 3. The molecule has 0 amide bonds. The topological polar surface area (TPSA) is 47.9 Å². The summed E-state index contributed by atoms with van der Waals surface area (Å²) in [7, 11) is 0. The number of hydrogen-bond acceptors (Lipinski definition) is 4. The van der Waals surface area contributed by atoms with Crippen molar-refractivity contribution in [3.8, 4) is 84.4 Å². The van der Waals surface area contributed by atoms with E-state index in [0.717, 1.165) is 52.0 Å². The first kappa shape index (κ1) is 36.7. The van der Waals surface area contributed by atoms with Gasteiger partial charge in [0.1, 0.15) is 12.4 Å². The third kappa shape index (κ3) is 6.44. The Bertz CT molecular complexity index is 2910. The molecule has 0 radical (unpaired) electrons.